The van der Waals surface area contributed by atoms with E-state index in [0.29, 0.717) is 12.5 Å². The molecule has 16 heavy (non-hydrogen) atoms. The molecule has 1 aromatic heterocycles. The highest BCUT2D eigenvalue weighted by Gasteiger charge is 2.17. The molecule has 1 heterocycles. The molecule has 4 heteroatoms. The molecule has 0 atom stereocenters. The predicted molar refractivity (Wildman–Crippen MR) is 69.0 cm³/mol. The highest BCUT2D eigenvalue weighted by Crippen LogP contribution is 2.21. The SMILES string of the molecule is COCC(C)(C)NCc1cnc(C(C)C)s1. The fraction of sp³-hybridized carbons (Fsp3) is 0.750. The molecule has 0 amide bonds. The minimum absolute atomic E-state index is 0.0106. The van der Waals surface area contributed by atoms with Crippen LogP contribution >= 0.6 is 11.3 Å². The second kappa shape index (κ2) is 5.75. The van der Waals surface area contributed by atoms with E-state index in [1.54, 1.807) is 18.4 Å². The van der Waals surface area contributed by atoms with E-state index in [1.807, 2.05) is 6.20 Å². The third-order valence-corrected chi connectivity index (χ3v) is 3.61. The van der Waals surface area contributed by atoms with Crippen molar-refractivity contribution in [1.29, 1.82) is 0 Å². The van der Waals surface area contributed by atoms with E-state index >= 15 is 0 Å². The van der Waals surface area contributed by atoms with Crippen LogP contribution in [0, 0.1) is 0 Å². The van der Waals surface area contributed by atoms with Gasteiger partial charge >= 0.3 is 0 Å². The summed E-state index contributed by atoms with van der Waals surface area (Å²) in [5.41, 5.74) is 0.0106. The van der Waals surface area contributed by atoms with Crippen LogP contribution in [0.15, 0.2) is 6.20 Å². The number of methoxy groups -OCH3 is 1. The van der Waals surface area contributed by atoms with Gasteiger partial charge in [0.05, 0.1) is 11.6 Å². The van der Waals surface area contributed by atoms with Crippen LogP contribution in [0.5, 0.6) is 0 Å². The normalized spacial score (nSPS) is 12.4. The third-order valence-electron chi connectivity index (χ3n) is 2.31. The van der Waals surface area contributed by atoms with E-state index in [0.717, 1.165) is 6.54 Å². The number of hydrogen-bond acceptors (Lipinski definition) is 4. The monoisotopic (exact) mass is 242 g/mol. The molecule has 0 saturated heterocycles. The van der Waals surface area contributed by atoms with Crippen molar-refractivity contribution in [3.05, 3.63) is 16.1 Å². The van der Waals surface area contributed by atoms with Crippen LogP contribution in [0.2, 0.25) is 0 Å². The van der Waals surface area contributed by atoms with Gasteiger partial charge in [-0.3, -0.25) is 0 Å². The van der Waals surface area contributed by atoms with E-state index in [2.05, 4.69) is 38.0 Å². The van der Waals surface area contributed by atoms with Crippen molar-refractivity contribution >= 4 is 11.3 Å². The fourth-order valence-corrected chi connectivity index (χ4v) is 2.27. The number of nitrogens with zero attached hydrogens (tertiary/aromatic N) is 1. The number of aromatic nitrogens is 1. The maximum Gasteiger partial charge on any atom is 0.0953 e. The number of thiazole rings is 1. The first-order valence-corrected chi connectivity index (χ1v) is 6.45. The Morgan fingerprint density at radius 3 is 2.69 bits per heavy atom. The molecule has 3 nitrogen and oxygen atoms in total. The van der Waals surface area contributed by atoms with Crippen molar-refractivity contribution in [3.8, 4) is 0 Å². The summed E-state index contributed by atoms with van der Waals surface area (Å²) in [4.78, 5) is 5.69. The second-order valence-electron chi connectivity index (χ2n) is 4.99. The zero-order valence-electron chi connectivity index (χ0n) is 10.8. The summed E-state index contributed by atoms with van der Waals surface area (Å²) in [6, 6.07) is 0. The largest absolute Gasteiger partial charge is 0.383 e. The van der Waals surface area contributed by atoms with Crippen LogP contribution in [0.1, 0.15) is 43.5 Å². The topological polar surface area (TPSA) is 34.1 Å². The van der Waals surface area contributed by atoms with Gasteiger partial charge in [0.25, 0.3) is 0 Å². The van der Waals surface area contributed by atoms with Gasteiger partial charge in [-0.25, -0.2) is 4.98 Å². The number of nitrogens with one attached hydrogen (secondary N) is 1. The molecule has 0 fully saturated rings. The first-order valence-electron chi connectivity index (χ1n) is 5.63. The molecule has 92 valence electrons. The van der Waals surface area contributed by atoms with E-state index < -0.39 is 0 Å². The summed E-state index contributed by atoms with van der Waals surface area (Å²) in [6.07, 6.45) is 1.97. The summed E-state index contributed by atoms with van der Waals surface area (Å²) in [5, 5.41) is 4.68. The summed E-state index contributed by atoms with van der Waals surface area (Å²) < 4.78 is 5.16. The fourth-order valence-electron chi connectivity index (χ4n) is 1.41. The van der Waals surface area contributed by atoms with Crippen LogP contribution in [0.3, 0.4) is 0 Å². The molecule has 1 aromatic rings. The van der Waals surface area contributed by atoms with Gasteiger partial charge < -0.3 is 10.1 Å². The third kappa shape index (κ3) is 4.20. The summed E-state index contributed by atoms with van der Waals surface area (Å²) in [6.45, 7) is 10.2. The average Bonchev–Trinajstić information content (AvgIpc) is 2.63. The van der Waals surface area contributed by atoms with Gasteiger partial charge in [0.2, 0.25) is 0 Å². The Bertz CT molecular complexity index is 321. The van der Waals surface area contributed by atoms with Gasteiger partial charge in [-0.05, 0) is 13.8 Å². The molecule has 0 aliphatic rings. The van der Waals surface area contributed by atoms with Crippen molar-refractivity contribution in [2.45, 2.75) is 45.7 Å². The predicted octanol–water partition coefficient (Wildman–Crippen LogP) is 2.78. The summed E-state index contributed by atoms with van der Waals surface area (Å²) in [5.74, 6) is 0.519. The average molecular weight is 242 g/mol. The highest BCUT2D eigenvalue weighted by molar-refractivity contribution is 7.11. The van der Waals surface area contributed by atoms with Gasteiger partial charge in [0.1, 0.15) is 0 Å². The van der Waals surface area contributed by atoms with Gasteiger partial charge in [0, 0.05) is 36.2 Å². The first-order chi connectivity index (χ1) is 7.44. The molecular formula is C12H22N2OS. The van der Waals surface area contributed by atoms with Crippen LogP contribution in [0.4, 0.5) is 0 Å². The Morgan fingerprint density at radius 2 is 2.19 bits per heavy atom. The first kappa shape index (κ1) is 13.6. The van der Waals surface area contributed by atoms with Gasteiger partial charge in [-0.15, -0.1) is 11.3 Å². The minimum Gasteiger partial charge on any atom is -0.383 e. The van der Waals surface area contributed by atoms with Gasteiger partial charge in [-0.1, -0.05) is 13.8 Å². The Labute approximate surface area is 102 Å². The van der Waals surface area contributed by atoms with E-state index in [9.17, 15) is 0 Å². The summed E-state index contributed by atoms with van der Waals surface area (Å²) in [7, 11) is 1.73. The molecule has 1 N–H and O–H groups in total. The standard InChI is InChI=1S/C12H22N2OS/c1-9(2)11-13-6-10(16-11)7-14-12(3,4)8-15-5/h6,9,14H,7-8H2,1-5H3. The number of rotatable bonds is 6. The van der Waals surface area contributed by atoms with Crippen LogP contribution < -0.4 is 5.32 Å². The smallest absolute Gasteiger partial charge is 0.0953 e. The molecule has 0 radical (unpaired) electrons. The lowest BCUT2D eigenvalue weighted by molar-refractivity contribution is 0.128. The second-order valence-corrected chi connectivity index (χ2v) is 6.14. The molecule has 0 unspecified atom stereocenters. The zero-order chi connectivity index (χ0) is 12.2. The molecule has 0 bridgehead atoms. The van der Waals surface area contributed by atoms with Crippen LogP contribution in [-0.4, -0.2) is 24.2 Å². The van der Waals surface area contributed by atoms with Crippen molar-refractivity contribution in [2.24, 2.45) is 0 Å². The quantitative estimate of drug-likeness (QED) is 0.833. The Morgan fingerprint density at radius 1 is 1.50 bits per heavy atom. The van der Waals surface area contributed by atoms with Crippen molar-refractivity contribution in [1.82, 2.24) is 10.3 Å². The molecule has 0 aromatic carbocycles. The molecule has 0 aliphatic heterocycles. The molecule has 0 aliphatic carbocycles. The molecule has 0 spiro atoms. The lowest BCUT2D eigenvalue weighted by atomic mass is 10.1. The molecular weight excluding hydrogens is 220 g/mol. The zero-order valence-corrected chi connectivity index (χ0v) is 11.6. The Kier molecular flexibility index (Phi) is 4.89. The van der Waals surface area contributed by atoms with Gasteiger partial charge in [-0.2, -0.15) is 0 Å². The van der Waals surface area contributed by atoms with Crippen LogP contribution in [0.25, 0.3) is 0 Å². The van der Waals surface area contributed by atoms with Gasteiger partial charge in [0.15, 0.2) is 0 Å². The van der Waals surface area contributed by atoms with E-state index in [4.69, 9.17) is 4.74 Å². The lowest BCUT2D eigenvalue weighted by Crippen LogP contribution is -2.42. The van der Waals surface area contributed by atoms with Crippen molar-refractivity contribution in [2.75, 3.05) is 13.7 Å². The van der Waals surface area contributed by atoms with Crippen molar-refractivity contribution < 1.29 is 4.74 Å². The van der Waals surface area contributed by atoms with E-state index in [-0.39, 0.29) is 5.54 Å². The highest BCUT2D eigenvalue weighted by atomic mass is 32.1. The molecule has 0 saturated carbocycles. The maximum absolute atomic E-state index is 5.16. The molecule has 1 rings (SSSR count). The maximum atomic E-state index is 5.16. The van der Waals surface area contributed by atoms with Crippen LogP contribution in [-0.2, 0) is 11.3 Å². The lowest BCUT2D eigenvalue weighted by Gasteiger charge is -2.24. The Hall–Kier alpha value is -0.450. The number of ether oxygens (including phenoxy) is 1. The Balaban J connectivity index is 2.48. The summed E-state index contributed by atoms with van der Waals surface area (Å²) >= 11 is 1.79. The number of hydrogen-bond donors (Lipinski definition) is 1. The van der Waals surface area contributed by atoms with Crippen molar-refractivity contribution in [3.63, 3.8) is 0 Å². The minimum atomic E-state index is 0.0106. The van der Waals surface area contributed by atoms with E-state index in [1.165, 1.54) is 9.88 Å².